The van der Waals surface area contributed by atoms with E-state index in [1.807, 2.05) is 0 Å². The van der Waals surface area contributed by atoms with E-state index in [1.54, 1.807) is 13.0 Å². The van der Waals surface area contributed by atoms with Crippen molar-refractivity contribution in [1.29, 1.82) is 0 Å². The fourth-order valence-corrected chi connectivity index (χ4v) is 3.12. The number of anilines is 1. The molecule has 1 saturated carbocycles. The van der Waals surface area contributed by atoms with Crippen molar-refractivity contribution in [3.05, 3.63) is 35.7 Å². The predicted octanol–water partition coefficient (Wildman–Crippen LogP) is 2.97. The topological polar surface area (TPSA) is 109 Å². The minimum Gasteiger partial charge on any atom is -0.481 e. The molecule has 0 spiro atoms. The third-order valence-corrected chi connectivity index (χ3v) is 4.48. The lowest BCUT2D eigenvalue weighted by atomic mass is 10.1. The number of alkyl halides is 3. The van der Waals surface area contributed by atoms with Gasteiger partial charge in [0.1, 0.15) is 5.82 Å². The molecule has 0 aliphatic heterocycles. The highest BCUT2D eigenvalue weighted by Crippen LogP contribution is 2.29. The summed E-state index contributed by atoms with van der Waals surface area (Å²) in [6.45, 7) is 1.66. The first-order valence-corrected chi connectivity index (χ1v) is 8.54. The van der Waals surface area contributed by atoms with Gasteiger partial charge in [-0.2, -0.15) is 23.0 Å². The van der Waals surface area contributed by atoms with Crippen LogP contribution < -0.4 is 10.6 Å². The second-order valence-corrected chi connectivity index (χ2v) is 6.63. The molecule has 11 heteroatoms. The van der Waals surface area contributed by atoms with Crippen molar-refractivity contribution in [2.75, 3.05) is 5.32 Å². The number of carbonyl (C=O) groups is 2. The molecule has 0 saturated heterocycles. The number of hydrogen-bond donors (Lipinski definition) is 3. The highest BCUT2D eigenvalue weighted by atomic mass is 19.4. The Kier molecular flexibility index (Phi) is 5.25. The minimum absolute atomic E-state index is 0.114. The Hall–Kier alpha value is -3.11. The quantitative estimate of drug-likeness (QED) is 0.735. The summed E-state index contributed by atoms with van der Waals surface area (Å²) in [5, 5.41) is 18.5. The summed E-state index contributed by atoms with van der Waals surface area (Å²) in [4.78, 5) is 27.0. The third kappa shape index (κ3) is 4.41. The predicted molar refractivity (Wildman–Crippen MR) is 92.0 cm³/mol. The molecule has 1 aliphatic rings. The van der Waals surface area contributed by atoms with Crippen LogP contribution in [0.25, 0.3) is 5.82 Å². The smallest absolute Gasteiger partial charge is 0.417 e. The first kappa shape index (κ1) is 19.6. The first-order chi connectivity index (χ1) is 13.1. The van der Waals surface area contributed by atoms with Gasteiger partial charge in [-0.3, -0.25) is 10.1 Å². The van der Waals surface area contributed by atoms with Gasteiger partial charge >= 0.3 is 18.2 Å². The van der Waals surface area contributed by atoms with Crippen LogP contribution in [0.2, 0.25) is 0 Å². The molecule has 0 radical (unpaired) electrons. The van der Waals surface area contributed by atoms with Crippen LogP contribution in [0.5, 0.6) is 0 Å². The van der Waals surface area contributed by atoms with Crippen LogP contribution in [0, 0.1) is 12.8 Å². The van der Waals surface area contributed by atoms with Crippen molar-refractivity contribution in [2.45, 2.75) is 38.4 Å². The molecular formula is C17H18F3N5O3. The monoisotopic (exact) mass is 397 g/mol. The van der Waals surface area contributed by atoms with E-state index in [9.17, 15) is 22.8 Å². The van der Waals surface area contributed by atoms with Crippen LogP contribution in [0.3, 0.4) is 0 Å². The second kappa shape index (κ2) is 7.49. The van der Waals surface area contributed by atoms with Gasteiger partial charge < -0.3 is 10.4 Å². The van der Waals surface area contributed by atoms with E-state index >= 15 is 0 Å². The van der Waals surface area contributed by atoms with Gasteiger partial charge in [0.05, 0.1) is 17.2 Å². The summed E-state index contributed by atoms with van der Waals surface area (Å²) in [6, 6.07) is 2.78. The number of amides is 2. The Labute approximate surface area is 157 Å². The summed E-state index contributed by atoms with van der Waals surface area (Å²) in [5.74, 6) is -1.01. The van der Waals surface area contributed by atoms with E-state index in [0.717, 1.165) is 12.1 Å². The van der Waals surface area contributed by atoms with Crippen LogP contribution in [0.15, 0.2) is 24.4 Å². The van der Waals surface area contributed by atoms with Gasteiger partial charge in [-0.05, 0) is 38.3 Å². The minimum atomic E-state index is -4.50. The van der Waals surface area contributed by atoms with Crippen LogP contribution in [-0.2, 0) is 11.0 Å². The number of aromatic nitrogens is 3. The molecule has 2 amide bonds. The van der Waals surface area contributed by atoms with Crippen LogP contribution >= 0.6 is 0 Å². The zero-order valence-electron chi connectivity index (χ0n) is 14.8. The molecule has 3 N–H and O–H groups in total. The van der Waals surface area contributed by atoms with Crippen molar-refractivity contribution in [3.8, 4) is 5.82 Å². The van der Waals surface area contributed by atoms with E-state index in [4.69, 9.17) is 5.11 Å². The van der Waals surface area contributed by atoms with Gasteiger partial charge in [-0.15, -0.1) is 0 Å². The normalized spacial score (nSPS) is 19.4. The highest BCUT2D eigenvalue weighted by molar-refractivity contribution is 5.89. The number of rotatable bonds is 4. The summed E-state index contributed by atoms with van der Waals surface area (Å²) < 4.78 is 39.3. The molecule has 3 rings (SSSR count). The number of pyridine rings is 1. The maximum absolute atomic E-state index is 12.7. The number of nitrogens with one attached hydrogen (secondary N) is 2. The largest absolute Gasteiger partial charge is 0.481 e. The lowest BCUT2D eigenvalue weighted by Crippen LogP contribution is -2.37. The molecule has 1 aliphatic carbocycles. The van der Waals surface area contributed by atoms with E-state index < -0.39 is 29.7 Å². The molecule has 0 bridgehead atoms. The Balaban J connectivity index is 1.70. The Morgan fingerprint density at radius 3 is 2.61 bits per heavy atom. The SMILES string of the molecule is Cc1cc(NC(=O)N[C@@H]2CC[C@H](C(=O)O)C2)n(-c2ccc(C(F)(F)F)cn2)n1. The van der Waals surface area contributed by atoms with E-state index in [-0.39, 0.29) is 17.7 Å². The lowest BCUT2D eigenvalue weighted by Gasteiger charge is -2.14. The molecule has 8 nitrogen and oxygen atoms in total. The summed E-state index contributed by atoms with van der Waals surface area (Å²) in [7, 11) is 0. The van der Waals surface area contributed by atoms with Crippen molar-refractivity contribution < 1.29 is 27.9 Å². The Morgan fingerprint density at radius 2 is 2.04 bits per heavy atom. The summed E-state index contributed by atoms with van der Waals surface area (Å²) >= 11 is 0. The number of hydrogen-bond acceptors (Lipinski definition) is 4. The molecule has 2 heterocycles. The Bertz CT molecular complexity index is 879. The zero-order valence-corrected chi connectivity index (χ0v) is 14.8. The molecule has 1 fully saturated rings. The van der Waals surface area contributed by atoms with Gasteiger partial charge in [0.15, 0.2) is 5.82 Å². The maximum atomic E-state index is 12.7. The number of aliphatic carboxylic acids is 1. The number of aryl methyl sites for hydroxylation is 1. The molecular weight excluding hydrogens is 379 g/mol. The average Bonchev–Trinajstić information content (AvgIpc) is 3.21. The number of carbonyl (C=O) groups excluding carboxylic acids is 1. The average molecular weight is 397 g/mol. The fourth-order valence-electron chi connectivity index (χ4n) is 3.12. The lowest BCUT2D eigenvalue weighted by molar-refractivity contribution is -0.141. The Morgan fingerprint density at radius 1 is 1.29 bits per heavy atom. The standard InChI is InChI=1S/C17H18F3N5O3/c1-9-6-14(23-16(28)22-12-4-2-10(7-12)15(26)27)25(24-9)13-5-3-11(8-21-13)17(18,19)20/h3,5-6,8,10,12H,2,4,7H2,1H3,(H,26,27)(H2,22,23,28)/t10-,12+/m0/s1. The maximum Gasteiger partial charge on any atom is 0.417 e. The second-order valence-electron chi connectivity index (χ2n) is 6.63. The number of nitrogens with zero attached hydrogens (tertiary/aromatic N) is 3. The van der Waals surface area contributed by atoms with E-state index in [1.165, 1.54) is 4.68 Å². The number of halogens is 3. The number of urea groups is 1. The summed E-state index contributed by atoms with van der Waals surface area (Å²) in [6.07, 6.45) is -2.40. The first-order valence-electron chi connectivity index (χ1n) is 8.54. The fraction of sp³-hybridized carbons (Fsp3) is 0.412. The molecule has 0 unspecified atom stereocenters. The van der Waals surface area contributed by atoms with Gasteiger partial charge in [-0.1, -0.05) is 0 Å². The van der Waals surface area contributed by atoms with Gasteiger partial charge in [0, 0.05) is 18.3 Å². The van der Waals surface area contributed by atoms with Gasteiger partial charge in [-0.25, -0.2) is 9.78 Å². The van der Waals surface area contributed by atoms with Crippen molar-refractivity contribution in [2.24, 2.45) is 5.92 Å². The molecule has 2 atom stereocenters. The zero-order chi connectivity index (χ0) is 20.5. The summed E-state index contributed by atoms with van der Waals surface area (Å²) in [5.41, 5.74) is -0.356. The molecule has 2 aromatic rings. The van der Waals surface area contributed by atoms with E-state index in [2.05, 4.69) is 20.7 Å². The van der Waals surface area contributed by atoms with E-state index in [0.29, 0.717) is 31.2 Å². The van der Waals surface area contributed by atoms with Crippen molar-refractivity contribution >= 4 is 17.8 Å². The molecule has 0 aromatic carbocycles. The van der Waals surface area contributed by atoms with Crippen molar-refractivity contribution in [3.63, 3.8) is 0 Å². The van der Waals surface area contributed by atoms with Crippen LogP contribution in [0.1, 0.15) is 30.5 Å². The molecule has 2 aromatic heterocycles. The van der Waals surface area contributed by atoms with Gasteiger partial charge in [0.2, 0.25) is 0 Å². The van der Waals surface area contributed by atoms with Crippen LogP contribution in [-0.4, -0.2) is 37.9 Å². The number of carboxylic acid groups (broad SMARTS) is 1. The highest BCUT2D eigenvalue weighted by Gasteiger charge is 2.32. The molecule has 28 heavy (non-hydrogen) atoms. The third-order valence-electron chi connectivity index (χ3n) is 4.48. The molecule has 150 valence electrons. The number of carboxylic acids is 1. The van der Waals surface area contributed by atoms with Gasteiger partial charge in [0.25, 0.3) is 0 Å². The van der Waals surface area contributed by atoms with Crippen LogP contribution in [0.4, 0.5) is 23.8 Å². The van der Waals surface area contributed by atoms with Crippen molar-refractivity contribution in [1.82, 2.24) is 20.1 Å².